The Kier molecular flexibility index (Phi) is 7.54. The van der Waals surface area contributed by atoms with Crippen molar-refractivity contribution in [2.75, 3.05) is 19.7 Å². The van der Waals surface area contributed by atoms with E-state index < -0.39 is 5.97 Å². The van der Waals surface area contributed by atoms with Crippen LogP contribution in [0, 0.1) is 0 Å². The normalized spacial score (nSPS) is 11.5. The van der Waals surface area contributed by atoms with Crippen molar-refractivity contribution in [1.82, 2.24) is 4.90 Å². The summed E-state index contributed by atoms with van der Waals surface area (Å²) in [6, 6.07) is 7.96. The van der Waals surface area contributed by atoms with Crippen LogP contribution >= 0.6 is 0 Å². The fourth-order valence-electron chi connectivity index (χ4n) is 2.07. The van der Waals surface area contributed by atoms with Crippen LogP contribution in [0.15, 0.2) is 30.3 Å². The molecule has 4 nitrogen and oxygen atoms in total. The van der Waals surface area contributed by atoms with Crippen LogP contribution in [0.25, 0.3) is 6.08 Å². The lowest BCUT2D eigenvalue weighted by Gasteiger charge is -2.25. The number of benzene rings is 1. The van der Waals surface area contributed by atoms with Crippen molar-refractivity contribution < 1.29 is 14.6 Å². The van der Waals surface area contributed by atoms with Gasteiger partial charge < -0.3 is 9.84 Å². The van der Waals surface area contributed by atoms with E-state index in [1.54, 1.807) is 6.08 Å². The van der Waals surface area contributed by atoms with Crippen molar-refractivity contribution in [3.8, 4) is 5.75 Å². The highest BCUT2D eigenvalue weighted by atomic mass is 16.5. The van der Waals surface area contributed by atoms with Crippen LogP contribution in [-0.2, 0) is 4.79 Å². The van der Waals surface area contributed by atoms with Gasteiger partial charge in [-0.25, -0.2) is 4.79 Å². The molecule has 0 aliphatic heterocycles. The fraction of sp³-hybridized carbons (Fsp3) is 0.471. The van der Waals surface area contributed by atoms with Crippen LogP contribution in [0.4, 0.5) is 0 Å². The third-order valence-corrected chi connectivity index (χ3v) is 3.16. The topological polar surface area (TPSA) is 49.8 Å². The number of carboxylic acids is 1. The summed E-state index contributed by atoms with van der Waals surface area (Å²) in [6.45, 7) is 9.14. The zero-order chi connectivity index (χ0) is 15.7. The van der Waals surface area contributed by atoms with Gasteiger partial charge in [-0.1, -0.05) is 19.1 Å². The van der Waals surface area contributed by atoms with E-state index in [1.165, 1.54) is 0 Å². The average Bonchev–Trinajstić information content (AvgIpc) is 2.44. The molecule has 0 radical (unpaired) electrons. The molecule has 0 heterocycles. The Morgan fingerprint density at radius 3 is 2.76 bits per heavy atom. The summed E-state index contributed by atoms with van der Waals surface area (Å²) >= 11 is 0. The van der Waals surface area contributed by atoms with E-state index >= 15 is 0 Å². The minimum absolute atomic E-state index is 0.512. The van der Waals surface area contributed by atoms with Gasteiger partial charge in [-0.05, 0) is 50.6 Å². The third kappa shape index (κ3) is 6.95. The third-order valence-electron chi connectivity index (χ3n) is 3.16. The number of carbonyl (C=O) groups is 1. The molecule has 1 N–H and O–H groups in total. The monoisotopic (exact) mass is 291 g/mol. The van der Waals surface area contributed by atoms with Crippen molar-refractivity contribution in [3.05, 3.63) is 35.9 Å². The minimum Gasteiger partial charge on any atom is -0.492 e. The molecule has 0 bridgehead atoms. The second-order valence-corrected chi connectivity index (χ2v) is 5.22. The van der Waals surface area contributed by atoms with Crippen LogP contribution in [0.5, 0.6) is 5.75 Å². The standard InChI is InChI=1S/C17H25NO3/c1-4-10-18(14(2)3)11-12-21-16-7-5-6-15(13-16)8-9-17(19)20/h5-9,13-14H,4,10-12H2,1-3H3,(H,19,20). The summed E-state index contributed by atoms with van der Waals surface area (Å²) in [5.41, 5.74) is 0.823. The predicted molar refractivity (Wildman–Crippen MR) is 85.6 cm³/mol. The molecular weight excluding hydrogens is 266 g/mol. The van der Waals surface area contributed by atoms with Crippen LogP contribution in [0.2, 0.25) is 0 Å². The van der Waals surface area contributed by atoms with Crippen molar-refractivity contribution in [1.29, 1.82) is 0 Å². The molecule has 0 fully saturated rings. The second-order valence-electron chi connectivity index (χ2n) is 5.22. The molecule has 0 amide bonds. The number of carboxylic acid groups (broad SMARTS) is 1. The van der Waals surface area contributed by atoms with E-state index in [0.717, 1.165) is 36.9 Å². The number of hydrogen-bond acceptors (Lipinski definition) is 3. The van der Waals surface area contributed by atoms with E-state index in [1.807, 2.05) is 24.3 Å². The Hall–Kier alpha value is -1.81. The molecule has 0 aromatic heterocycles. The van der Waals surface area contributed by atoms with Crippen LogP contribution in [-0.4, -0.2) is 41.7 Å². The molecule has 4 heteroatoms. The zero-order valence-corrected chi connectivity index (χ0v) is 13.1. The Balaban J connectivity index is 2.51. The molecule has 1 rings (SSSR count). The Bertz CT molecular complexity index is 469. The van der Waals surface area contributed by atoms with E-state index in [-0.39, 0.29) is 0 Å². The first kappa shape index (κ1) is 17.2. The first-order valence-corrected chi connectivity index (χ1v) is 7.41. The highest BCUT2D eigenvalue weighted by Gasteiger charge is 2.07. The quantitative estimate of drug-likeness (QED) is 0.709. The maximum absolute atomic E-state index is 10.5. The molecule has 116 valence electrons. The second kappa shape index (κ2) is 9.19. The molecule has 21 heavy (non-hydrogen) atoms. The molecule has 0 unspecified atom stereocenters. The number of ether oxygens (including phenoxy) is 1. The van der Waals surface area contributed by atoms with Gasteiger partial charge in [0.15, 0.2) is 0 Å². The minimum atomic E-state index is -0.950. The van der Waals surface area contributed by atoms with Gasteiger partial charge in [-0.3, -0.25) is 4.90 Å². The van der Waals surface area contributed by atoms with Crippen LogP contribution < -0.4 is 4.74 Å². The number of nitrogens with zero attached hydrogens (tertiary/aromatic N) is 1. The maximum atomic E-state index is 10.5. The van der Waals surface area contributed by atoms with Crippen molar-refractivity contribution in [3.63, 3.8) is 0 Å². The maximum Gasteiger partial charge on any atom is 0.328 e. The number of aliphatic carboxylic acids is 1. The molecule has 0 atom stereocenters. The molecule has 0 saturated carbocycles. The first-order chi connectivity index (χ1) is 10.0. The van der Waals surface area contributed by atoms with Gasteiger partial charge in [0, 0.05) is 18.7 Å². The Labute approximate surface area is 127 Å². The van der Waals surface area contributed by atoms with Crippen molar-refractivity contribution >= 4 is 12.0 Å². The van der Waals surface area contributed by atoms with Crippen molar-refractivity contribution in [2.24, 2.45) is 0 Å². The van der Waals surface area contributed by atoms with Gasteiger partial charge in [0.05, 0.1) is 0 Å². The molecule has 0 spiro atoms. The number of rotatable bonds is 9. The predicted octanol–water partition coefficient (Wildman–Crippen LogP) is 3.28. The van der Waals surface area contributed by atoms with Gasteiger partial charge in [-0.2, -0.15) is 0 Å². The molecule has 0 aliphatic carbocycles. The molecule has 1 aromatic carbocycles. The lowest BCUT2D eigenvalue weighted by atomic mass is 10.2. The molecule has 0 saturated heterocycles. The Morgan fingerprint density at radius 2 is 2.14 bits per heavy atom. The van der Waals surface area contributed by atoms with E-state index in [0.29, 0.717) is 12.6 Å². The summed E-state index contributed by atoms with van der Waals surface area (Å²) in [4.78, 5) is 12.9. The largest absolute Gasteiger partial charge is 0.492 e. The smallest absolute Gasteiger partial charge is 0.328 e. The SMILES string of the molecule is CCCN(CCOc1cccc(C=CC(=O)O)c1)C(C)C. The van der Waals surface area contributed by atoms with Crippen LogP contribution in [0.1, 0.15) is 32.8 Å². The summed E-state index contributed by atoms with van der Waals surface area (Å²) < 4.78 is 5.76. The number of hydrogen-bond donors (Lipinski definition) is 1. The van der Waals surface area contributed by atoms with Crippen LogP contribution in [0.3, 0.4) is 0 Å². The summed E-state index contributed by atoms with van der Waals surface area (Å²) in [5, 5.41) is 8.63. The summed E-state index contributed by atoms with van der Waals surface area (Å²) in [5.74, 6) is -0.184. The highest BCUT2D eigenvalue weighted by molar-refractivity contribution is 5.85. The van der Waals surface area contributed by atoms with Gasteiger partial charge >= 0.3 is 5.97 Å². The summed E-state index contributed by atoms with van der Waals surface area (Å²) in [6.07, 6.45) is 3.82. The average molecular weight is 291 g/mol. The van der Waals surface area contributed by atoms with Gasteiger partial charge in [-0.15, -0.1) is 0 Å². The lowest BCUT2D eigenvalue weighted by Crippen LogP contribution is -2.35. The molecule has 1 aromatic rings. The van der Waals surface area contributed by atoms with Gasteiger partial charge in [0.1, 0.15) is 12.4 Å². The van der Waals surface area contributed by atoms with E-state index in [4.69, 9.17) is 9.84 Å². The zero-order valence-electron chi connectivity index (χ0n) is 13.1. The van der Waals surface area contributed by atoms with E-state index in [9.17, 15) is 4.79 Å². The fourth-order valence-corrected chi connectivity index (χ4v) is 2.07. The summed E-state index contributed by atoms with van der Waals surface area (Å²) in [7, 11) is 0. The van der Waals surface area contributed by atoms with Crippen molar-refractivity contribution in [2.45, 2.75) is 33.2 Å². The molecular formula is C17H25NO3. The van der Waals surface area contributed by atoms with Gasteiger partial charge in [0.2, 0.25) is 0 Å². The first-order valence-electron chi connectivity index (χ1n) is 7.41. The lowest BCUT2D eigenvalue weighted by molar-refractivity contribution is -0.131. The van der Waals surface area contributed by atoms with Gasteiger partial charge in [0.25, 0.3) is 0 Å². The highest BCUT2D eigenvalue weighted by Crippen LogP contribution is 2.14. The molecule has 0 aliphatic rings. The van der Waals surface area contributed by atoms with E-state index in [2.05, 4.69) is 25.7 Å². The Morgan fingerprint density at radius 1 is 1.38 bits per heavy atom.